The Labute approximate surface area is 236 Å². The number of rotatable bonds is 9. The Balaban J connectivity index is 1.45. The van der Waals surface area contributed by atoms with Gasteiger partial charge in [-0.1, -0.05) is 31.2 Å². The van der Waals surface area contributed by atoms with Crippen LogP contribution in [0.1, 0.15) is 30.7 Å². The zero-order valence-electron chi connectivity index (χ0n) is 22.8. The number of aliphatic imine (C=N–C) groups is 1. The standard InChI is InChI=1S/C28H33N7O4S/c1-4-28(30-15-21(16-31-28)27(37)38)34(3)17-22-13-23-24(40-22)26(35-9-11-39-12-10-35)33-25(32-23)20-7-5-19(6-8-20)14-29-18(2)36/h5-8,13,15-16,30H,4,9-12,14,17H2,1-3H3,(H,29,36)(H,37,38). The maximum Gasteiger partial charge on any atom is 0.338 e. The Morgan fingerprint density at radius 3 is 2.60 bits per heavy atom. The average Bonchev–Trinajstić information content (AvgIpc) is 3.38. The van der Waals surface area contributed by atoms with Gasteiger partial charge >= 0.3 is 5.97 Å². The van der Waals surface area contributed by atoms with Crippen molar-refractivity contribution in [2.45, 2.75) is 39.1 Å². The Kier molecular flexibility index (Phi) is 8.10. The summed E-state index contributed by atoms with van der Waals surface area (Å²) in [5, 5.41) is 15.3. The molecule has 1 atom stereocenters. The van der Waals surface area contributed by atoms with E-state index in [2.05, 4.69) is 31.5 Å². The van der Waals surface area contributed by atoms with E-state index in [1.807, 2.05) is 38.2 Å². The van der Waals surface area contributed by atoms with Gasteiger partial charge in [-0.05, 0) is 18.7 Å². The SMILES string of the molecule is CCC1(N(C)Cc2cc3nc(-c4ccc(CNC(C)=O)cc4)nc(N4CCOCC4)c3s2)N=CC(C(=O)O)=CN1. The number of amides is 1. The van der Waals surface area contributed by atoms with Crippen LogP contribution < -0.4 is 15.5 Å². The number of aliphatic carboxylic acids is 1. The summed E-state index contributed by atoms with van der Waals surface area (Å²) in [6, 6.07) is 10.0. The van der Waals surface area contributed by atoms with Crippen molar-refractivity contribution in [2.75, 3.05) is 38.3 Å². The van der Waals surface area contributed by atoms with E-state index in [0.717, 1.165) is 45.1 Å². The third-order valence-corrected chi connectivity index (χ3v) is 8.21. The smallest absolute Gasteiger partial charge is 0.338 e. The first-order valence-electron chi connectivity index (χ1n) is 13.2. The lowest BCUT2D eigenvalue weighted by atomic mass is 10.1. The Bertz CT molecular complexity index is 1460. The molecule has 12 heteroatoms. The van der Waals surface area contributed by atoms with Crippen LogP contribution in [0.25, 0.3) is 21.6 Å². The molecule has 1 unspecified atom stereocenters. The van der Waals surface area contributed by atoms with Crippen LogP contribution in [0.2, 0.25) is 0 Å². The number of nitrogens with zero attached hydrogens (tertiary/aromatic N) is 5. The van der Waals surface area contributed by atoms with Crippen molar-refractivity contribution in [3.63, 3.8) is 0 Å². The van der Waals surface area contributed by atoms with Crippen LogP contribution in [0.5, 0.6) is 0 Å². The second-order valence-corrected chi connectivity index (χ2v) is 11.0. The molecule has 2 aromatic heterocycles. The Hall–Kier alpha value is -3.87. The van der Waals surface area contributed by atoms with E-state index in [1.165, 1.54) is 19.3 Å². The lowest BCUT2D eigenvalue weighted by Gasteiger charge is -2.39. The Morgan fingerprint density at radius 1 is 1.23 bits per heavy atom. The van der Waals surface area contributed by atoms with E-state index in [9.17, 15) is 14.7 Å². The van der Waals surface area contributed by atoms with Crippen molar-refractivity contribution in [1.82, 2.24) is 25.5 Å². The van der Waals surface area contributed by atoms with Gasteiger partial charge in [0, 0.05) is 62.4 Å². The van der Waals surface area contributed by atoms with Crippen molar-refractivity contribution in [3.05, 3.63) is 52.5 Å². The number of carbonyl (C=O) groups excluding carboxylic acids is 1. The number of carbonyl (C=O) groups is 2. The second-order valence-electron chi connectivity index (χ2n) is 9.84. The van der Waals surface area contributed by atoms with E-state index >= 15 is 0 Å². The van der Waals surface area contributed by atoms with Crippen LogP contribution in [0, 0.1) is 0 Å². The molecule has 1 saturated heterocycles. The summed E-state index contributed by atoms with van der Waals surface area (Å²) in [5.74, 6) is -0.270. The maximum atomic E-state index is 11.3. The van der Waals surface area contributed by atoms with Crippen LogP contribution in [0.15, 0.2) is 47.1 Å². The van der Waals surface area contributed by atoms with Gasteiger partial charge in [0.05, 0.1) is 29.0 Å². The Morgan fingerprint density at radius 2 is 1.98 bits per heavy atom. The number of morpholine rings is 1. The zero-order valence-corrected chi connectivity index (χ0v) is 23.6. The van der Waals surface area contributed by atoms with Gasteiger partial charge in [-0.25, -0.2) is 19.8 Å². The number of fused-ring (bicyclic) bond motifs is 1. The molecule has 0 radical (unpaired) electrons. The van der Waals surface area contributed by atoms with Crippen LogP contribution in [0.3, 0.4) is 0 Å². The molecular weight excluding hydrogens is 530 g/mol. The summed E-state index contributed by atoms with van der Waals surface area (Å²) in [6.45, 7) is 7.38. The van der Waals surface area contributed by atoms with Crippen molar-refractivity contribution >= 4 is 45.5 Å². The van der Waals surface area contributed by atoms with Crippen molar-refractivity contribution < 1.29 is 19.4 Å². The molecule has 0 aliphatic carbocycles. The number of carboxylic acid groups (broad SMARTS) is 1. The summed E-state index contributed by atoms with van der Waals surface area (Å²) in [6.07, 6.45) is 3.57. The number of nitrogens with one attached hydrogen (secondary N) is 2. The summed E-state index contributed by atoms with van der Waals surface area (Å²) < 4.78 is 6.62. The van der Waals surface area contributed by atoms with E-state index in [1.54, 1.807) is 11.3 Å². The average molecular weight is 564 g/mol. The van der Waals surface area contributed by atoms with E-state index in [0.29, 0.717) is 38.5 Å². The van der Waals surface area contributed by atoms with Crippen molar-refractivity contribution in [2.24, 2.45) is 4.99 Å². The molecule has 1 aromatic carbocycles. The van der Waals surface area contributed by atoms with Gasteiger partial charge in [0.25, 0.3) is 0 Å². The molecule has 5 rings (SSSR count). The summed E-state index contributed by atoms with van der Waals surface area (Å²) in [5.41, 5.74) is 2.91. The van der Waals surface area contributed by atoms with Crippen LogP contribution >= 0.6 is 11.3 Å². The van der Waals surface area contributed by atoms with E-state index < -0.39 is 11.8 Å². The highest BCUT2D eigenvalue weighted by Gasteiger charge is 2.34. The third kappa shape index (κ3) is 5.83. The molecule has 2 aliphatic heterocycles. The minimum atomic E-state index is -1.01. The van der Waals surface area contributed by atoms with E-state index in [4.69, 9.17) is 14.7 Å². The fourth-order valence-corrected chi connectivity index (χ4v) is 5.92. The van der Waals surface area contributed by atoms with Gasteiger partial charge in [-0.2, -0.15) is 0 Å². The van der Waals surface area contributed by atoms with Gasteiger partial charge in [0.2, 0.25) is 5.91 Å². The molecule has 3 aromatic rings. The molecule has 0 saturated carbocycles. The predicted octanol–water partition coefficient (Wildman–Crippen LogP) is 2.97. The van der Waals surface area contributed by atoms with Crippen molar-refractivity contribution in [3.8, 4) is 11.4 Å². The largest absolute Gasteiger partial charge is 0.478 e. The van der Waals surface area contributed by atoms with Gasteiger partial charge < -0.3 is 25.4 Å². The first-order chi connectivity index (χ1) is 19.3. The topological polar surface area (TPSA) is 132 Å². The first kappa shape index (κ1) is 27.7. The molecule has 4 heterocycles. The van der Waals surface area contributed by atoms with Gasteiger partial charge in [0.15, 0.2) is 17.4 Å². The molecule has 0 spiro atoms. The number of anilines is 1. The van der Waals surface area contributed by atoms with Crippen molar-refractivity contribution in [1.29, 1.82) is 0 Å². The van der Waals surface area contributed by atoms with Gasteiger partial charge in [-0.3, -0.25) is 9.69 Å². The molecular formula is C28H33N7O4S. The lowest BCUT2D eigenvalue weighted by Crippen LogP contribution is -2.55. The monoisotopic (exact) mass is 563 g/mol. The van der Waals surface area contributed by atoms with E-state index in [-0.39, 0.29) is 11.5 Å². The highest BCUT2D eigenvalue weighted by Crippen LogP contribution is 2.36. The predicted molar refractivity (Wildman–Crippen MR) is 155 cm³/mol. The number of ether oxygens (including phenoxy) is 1. The highest BCUT2D eigenvalue weighted by atomic mass is 32.1. The molecule has 1 amide bonds. The normalized spacial score (nSPS) is 19.0. The van der Waals surface area contributed by atoms with Crippen LogP contribution in [-0.4, -0.2) is 77.2 Å². The molecule has 1 fully saturated rings. The molecule has 2 aliphatic rings. The molecule has 11 nitrogen and oxygen atoms in total. The molecule has 3 N–H and O–H groups in total. The first-order valence-corrected chi connectivity index (χ1v) is 14.0. The maximum absolute atomic E-state index is 11.3. The summed E-state index contributed by atoms with van der Waals surface area (Å²) in [4.78, 5) is 42.6. The zero-order chi connectivity index (χ0) is 28.3. The van der Waals surface area contributed by atoms with Gasteiger partial charge in [-0.15, -0.1) is 11.3 Å². The minimum absolute atomic E-state index is 0.0654. The number of hydrogen-bond acceptors (Lipinski definition) is 10. The minimum Gasteiger partial charge on any atom is -0.478 e. The number of aromatic nitrogens is 2. The third-order valence-electron chi connectivity index (χ3n) is 7.11. The lowest BCUT2D eigenvalue weighted by molar-refractivity contribution is -0.132. The fourth-order valence-electron chi connectivity index (χ4n) is 4.76. The number of benzene rings is 1. The molecule has 40 heavy (non-hydrogen) atoms. The van der Waals surface area contributed by atoms with Crippen LogP contribution in [0.4, 0.5) is 5.82 Å². The quantitative estimate of drug-likeness (QED) is 0.359. The number of hydrogen-bond donors (Lipinski definition) is 3. The molecule has 210 valence electrons. The summed E-state index contributed by atoms with van der Waals surface area (Å²) >= 11 is 1.66. The van der Waals surface area contributed by atoms with Crippen LogP contribution in [-0.2, 0) is 27.4 Å². The number of thiophene rings is 1. The van der Waals surface area contributed by atoms with Gasteiger partial charge in [0.1, 0.15) is 0 Å². The summed E-state index contributed by atoms with van der Waals surface area (Å²) in [7, 11) is 1.97. The second kappa shape index (κ2) is 11.7. The fraction of sp³-hybridized carbons (Fsp3) is 0.393. The highest BCUT2D eigenvalue weighted by molar-refractivity contribution is 7.19. The number of carboxylic acids is 1. The molecule has 0 bridgehead atoms.